The Morgan fingerprint density at radius 2 is 1.62 bits per heavy atom. The first-order valence-corrected chi connectivity index (χ1v) is 13.6. The number of rotatable bonds is 9. The van der Waals surface area contributed by atoms with Gasteiger partial charge >= 0.3 is 0 Å². The molecule has 0 aromatic heterocycles. The van der Waals surface area contributed by atoms with Gasteiger partial charge in [-0.2, -0.15) is 0 Å². The summed E-state index contributed by atoms with van der Waals surface area (Å²) in [5, 5.41) is 2.92. The zero-order valence-electron chi connectivity index (χ0n) is 22.7. The van der Waals surface area contributed by atoms with Crippen LogP contribution < -0.4 is 19.9 Å². The Balaban J connectivity index is 1.10. The maximum atomic E-state index is 13.3. The van der Waals surface area contributed by atoms with E-state index in [4.69, 9.17) is 4.74 Å². The molecule has 3 amide bonds. The van der Waals surface area contributed by atoms with Gasteiger partial charge < -0.3 is 15.0 Å². The largest absolute Gasteiger partial charge is 0.489 e. The molecule has 40 heavy (non-hydrogen) atoms. The first-order valence-electron chi connectivity index (χ1n) is 13.6. The molecule has 5 rings (SSSR count). The van der Waals surface area contributed by atoms with Gasteiger partial charge in [0, 0.05) is 38.3 Å². The number of benzene rings is 3. The quantitative estimate of drug-likeness (QED) is 0.319. The van der Waals surface area contributed by atoms with E-state index in [-0.39, 0.29) is 28.8 Å². The summed E-state index contributed by atoms with van der Waals surface area (Å²) in [5.41, 5.74) is 2.12. The number of hydrogen-bond donors (Lipinski definition) is 1. The average molecular weight is 545 g/mol. The molecule has 0 atom stereocenters. The van der Waals surface area contributed by atoms with Gasteiger partial charge in [0.15, 0.2) is 0 Å². The third-order valence-corrected chi connectivity index (χ3v) is 7.11. The summed E-state index contributed by atoms with van der Waals surface area (Å²) in [6.07, 6.45) is 0.910. The second-order valence-corrected chi connectivity index (χ2v) is 10.3. The predicted molar refractivity (Wildman–Crippen MR) is 152 cm³/mol. The lowest BCUT2D eigenvalue weighted by molar-refractivity contribution is 0.0923. The summed E-state index contributed by atoms with van der Waals surface area (Å²) < 4.78 is 19.3. The molecule has 8 nitrogen and oxygen atoms in total. The van der Waals surface area contributed by atoms with Crippen LogP contribution in [0.1, 0.15) is 51.3 Å². The number of piperazine rings is 1. The summed E-state index contributed by atoms with van der Waals surface area (Å²) in [7, 11) is 0. The monoisotopic (exact) mass is 544 g/mol. The van der Waals surface area contributed by atoms with Crippen molar-refractivity contribution in [2.24, 2.45) is 0 Å². The highest BCUT2D eigenvalue weighted by Gasteiger charge is 2.37. The molecule has 9 heteroatoms. The molecule has 2 aliphatic heterocycles. The van der Waals surface area contributed by atoms with Gasteiger partial charge in [-0.25, -0.2) is 9.29 Å². The van der Waals surface area contributed by atoms with E-state index in [1.807, 2.05) is 32.0 Å². The lowest BCUT2D eigenvalue weighted by Gasteiger charge is -2.37. The van der Waals surface area contributed by atoms with Crippen LogP contribution in [-0.4, -0.2) is 68.0 Å². The lowest BCUT2D eigenvalue weighted by Crippen LogP contribution is -2.47. The number of amides is 3. The first-order chi connectivity index (χ1) is 19.3. The number of para-hydroxylation sites is 2. The van der Waals surface area contributed by atoms with Crippen molar-refractivity contribution in [3.63, 3.8) is 0 Å². The normalized spacial score (nSPS) is 15.5. The van der Waals surface area contributed by atoms with Crippen molar-refractivity contribution in [1.29, 1.82) is 0 Å². The molecule has 2 heterocycles. The van der Waals surface area contributed by atoms with Crippen molar-refractivity contribution in [2.45, 2.75) is 26.4 Å². The number of hydrogen-bond acceptors (Lipinski definition) is 6. The second kappa shape index (κ2) is 11.9. The standard InChI is InChI=1S/C31H33FN4O4/c1-21(2)40-28-7-4-3-6-27(28)35-18-16-34(17-19-35)15-5-14-33-29(37)22-8-13-25-26(20-22)31(39)36(30(25)38)24-11-9-23(32)10-12-24/h3-4,6-13,20-21H,5,14-19H2,1-2H3,(H,33,37). The van der Waals surface area contributed by atoms with Crippen molar-refractivity contribution in [3.8, 4) is 5.75 Å². The Kier molecular flexibility index (Phi) is 8.11. The minimum absolute atomic E-state index is 0.119. The van der Waals surface area contributed by atoms with E-state index in [1.54, 1.807) is 6.07 Å². The van der Waals surface area contributed by atoms with Crippen LogP contribution in [-0.2, 0) is 0 Å². The number of anilines is 2. The van der Waals surface area contributed by atoms with Crippen molar-refractivity contribution in [2.75, 3.05) is 49.1 Å². The summed E-state index contributed by atoms with van der Waals surface area (Å²) in [6, 6.07) is 17.8. The fourth-order valence-electron chi connectivity index (χ4n) is 5.10. The average Bonchev–Trinajstić information content (AvgIpc) is 3.20. The zero-order chi connectivity index (χ0) is 28.2. The van der Waals surface area contributed by atoms with Crippen LogP contribution >= 0.6 is 0 Å². The molecule has 0 unspecified atom stereocenters. The molecule has 1 fully saturated rings. The molecule has 1 saturated heterocycles. The molecule has 3 aromatic rings. The van der Waals surface area contributed by atoms with Crippen LogP contribution in [0.25, 0.3) is 0 Å². The molecular formula is C31H33FN4O4. The summed E-state index contributed by atoms with van der Waals surface area (Å²) in [5.74, 6) is -0.864. The molecule has 0 spiro atoms. The highest BCUT2D eigenvalue weighted by Crippen LogP contribution is 2.30. The number of fused-ring (bicyclic) bond motifs is 1. The fraction of sp³-hybridized carbons (Fsp3) is 0.323. The SMILES string of the molecule is CC(C)Oc1ccccc1N1CCN(CCCNC(=O)c2ccc3c(c2)C(=O)N(c2ccc(F)cc2)C3=O)CC1. The van der Waals surface area contributed by atoms with E-state index in [0.717, 1.165) is 55.5 Å². The van der Waals surface area contributed by atoms with E-state index in [2.05, 4.69) is 21.2 Å². The summed E-state index contributed by atoms with van der Waals surface area (Å²) >= 11 is 0. The van der Waals surface area contributed by atoms with Gasteiger partial charge in [0.2, 0.25) is 0 Å². The number of nitrogens with zero attached hydrogens (tertiary/aromatic N) is 3. The summed E-state index contributed by atoms with van der Waals surface area (Å²) in [4.78, 5) is 44.3. The number of carbonyl (C=O) groups is 3. The summed E-state index contributed by atoms with van der Waals surface area (Å²) in [6.45, 7) is 9.08. The third-order valence-electron chi connectivity index (χ3n) is 7.11. The lowest BCUT2D eigenvalue weighted by atomic mass is 10.1. The highest BCUT2D eigenvalue weighted by molar-refractivity contribution is 6.34. The van der Waals surface area contributed by atoms with E-state index in [9.17, 15) is 18.8 Å². The van der Waals surface area contributed by atoms with Gasteiger partial charge in [0.1, 0.15) is 11.6 Å². The van der Waals surface area contributed by atoms with Crippen molar-refractivity contribution in [3.05, 3.63) is 89.2 Å². The van der Waals surface area contributed by atoms with Crippen LogP contribution in [0.5, 0.6) is 5.75 Å². The Bertz CT molecular complexity index is 1400. The van der Waals surface area contributed by atoms with E-state index in [1.165, 1.54) is 36.4 Å². The fourth-order valence-corrected chi connectivity index (χ4v) is 5.10. The number of ether oxygens (including phenoxy) is 1. The minimum atomic E-state index is -0.529. The van der Waals surface area contributed by atoms with E-state index >= 15 is 0 Å². The van der Waals surface area contributed by atoms with Gasteiger partial charge in [0.25, 0.3) is 17.7 Å². The molecule has 0 bridgehead atoms. The Labute approximate surface area is 233 Å². The molecule has 1 N–H and O–H groups in total. The molecule has 0 aliphatic carbocycles. The number of carbonyl (C=O) groups excluding carboxylic acids is 3. The van der Waals surface area contributed by atoms with Crippen LogP contribution in [0.2, 0.25) is 0 Å². The first kappa shape index (κ1) is 27.3. The van der Waals surface area contributed by atoms with Crippen LogP contribution in [0.4, 0.5) is 15.8 Å². The Morgan fingerprint density at radius 3 is 2.35 bits per heavy atom. The topological polar surface area (TPSA) is 82.2 Å². The third kappa shape index (κ3) is 5.84. The van der Waals surface area contributed by atoms with Gasteiger partial charge in [-0.15, -0.1) is 0 Å². The molecule has 0 saturated carbocycles. The van der Waals surface area contributed by atoms with Crippen molar-refractivity contribution >= 4 is 29.1 Å². The van der Waals surface area contributed by atoms with E-state index < -0.39 is 17.6 Å². The van der Waals surface area contributed by atoms with E-state index in [0.29, 0.717) is 12.1 Å². The van der Waals surface area contributed by atoms with Crippen molar-refractivity contribution in [1.82, 2.24) is 10.2 Å². The maximum absolute atomic E-state index is 13.3. The van der Waals surface area contributed by atoms with Crippen molar-refractivity contribution < 1.29 is 23.5 Å². The van der Waals surface area contributed by atoms with Gasteiger partial charge in [0.05, 0.1) is 28.6 Å². The Hall–Kier alpha value is -4.24. The van der Waals surface area contributed by atoms with Gasteiger partial charge in [-0.05, 0) is 81.4 Å². The predicted octanol–water partition coefficient (Wildman–Crippen LogP) is 4.36. The molecule has 208 valence electrons. The van der Waals surface area contributed by atoms with Gasteiger partial charge in [-0.3, -0.25) is 19.3 Å². The van der Waals surface area contributed by atoms with Gasteiger partial charge in [-0.1, -0.05) is 12.1 Å². The zero-order valence-corrected chi connectivity index (χ0v) is 22.7. The van der Waals surface area contributed by atoms with Crippen LogP contribution in [0.15, 0.2) is 66.7 Å². The number of nitrogens with one attached hydrogen (secondary N) is 1. The smallest absolute Gasteiger partial charge is 0.266 e. The Morgan fingerprint density at radius 1 is 0.925 bits per heavy atom. The van der Waals surface area contributed by atoms with Crippen LogP contribution in [0, 0.1) is 5.82 Å². The van der Waals surface area contributed by atoms with Crippen LogP contribution in [0.3, 0.4) is 0 Å². The molecular weight excluding hydrogens is 511 g/mol. The molecule has 3 aromatic carbocycles. The molecule has 0 radical (unpaired) electrons. The minimum Gasteiger partial charge on any atom is -0.489 e. The second-order valence-electron chi connectivity index (χ2n) is 10.3. The maximum Gasteiger partial charge on any atom is 0.266 e. The molecule has 2 aliphatic rings. The highest BCUT2D eigenvalue weighted by atomic mass is 19.1. The number of halogens is 1. The number of imide groups is 1.